The lowest BCUT2D eigenvalue weighted by Crippen LogP contribution is -2.06. The highest BCUT2D eigenvalue weighted by Crippen LogP contribution is 2.40. The molecular weight excluding hydrogens is 472 g/mol. The Labute approximate surface area is 215 Å². The van der Waals surface area contributed by atoms with E-state index in [-0.39, 0.29) is 28.7 Å². The zero-order valence-corrected chi connectivity index (χ0v) is 20.7. The van der Waals surface area contributed by atoms with Crippen LogP contribution in [0.3, 0.4) is 0 Å². The molecular formula is C30H30O7. The second-order valence-electron chi connectivity index (χ2n) is 8.70. The maximum absolute atomic E-state index is 10.6. The van der Waals surface area contributed by atoms with Crippen molar-refractivity contribution in [2.24, 2.45) is 0 Å². The molecule has 1 unspecified atom stereocenters. The molecule has 4 aromatic carbocycles. The van der Waals surface area contributed by atoms with E-state index in [1.165, 1.54) is 13.2 Å². The molecule has 0 aliphatic rings. The predicted molar refractivity (Wildman–Crippen MR) is 140 cm³/mol. The third kappa shape index (κ3) is 6.26. The van der Waals surface area contributed by atoms with Crippen LogP contribution in [0.1, 0.15) is 28.4 Å². The van der Waals surface area contributed by atoms with Crippen molar-refractivity contribution in [2.75, 3.05) is 14.2 Å². The number of phenolic OH excluding ortho intramolecular Hbond substituents is 4. The summed E-state index contributed by atoms with van der Waals surface area (Å²) >= 11 is 0. The molecule has 0 spiro atoms. The summed E-state index contributed by atoms with van der Waals surface area (Å²) in [4.78, 5) is 0. The largest absolute Gasteiger partial charge is 0.508 e. The van der Waals surface area contributed by atoms with Crippen molar-refractivity contribution in [1.29, 1.82) is 0 Å². The third-order valence-electron chi connectivity index (χ3n) is 6.19. The zero-order valence-electron chi connectivity index (χ0n) is 20.7. The highest BCUT2D eigenvalue weighted by Gasteiger charge is 2.18. The molecule has 0 heterocycles. The number of hydrogen-bond acceptors (Lipinski definition) is 7. The Balaban J connectivity index is 1.52. The minimum absolute atomic E-state index is 0.0510. The Bertz CT molecular complexity index is 1350. The van der Waals surface area contributed by atoms with E-state index in [9.17, 15) is 20.4 Å². The topological polar surface area (TPSA) is 109 Å². The van der Waals surface area contributed by atoms with Crippen LogP contribution in [0.2, 0.25) is 0 Å². The van der Waals surface area contributed by atoms with Gasteiger partial charge in [-0.25, -0.2) is 0 Å². The zero-order chi connectivity index (χ0) is 26.4. The van der Waals surface area contributed by atoms with Crippen molar-refractivity contribution < 1.29 is 34.6 Å². The average Bonchev–Trinajstić information content (AvgIpc) is 2.90. The lowest BCUT2D eigenvalue weighted by atomic mass is 10.00. The number of para-hydroxylation sites is 1. The molecule has 4 N–H and O–H groups in total. The molecule has 0 fully saturated rings. The fraction of sp³-hybridized carbons (Fsp3) is 0.200. The van der Waals surface area contributed by atoms with Gasteiger partial charge < -0.3 is 34.6 Å². The normalized spacial score (nSPS) is 11.7. The smallest absolute Gasteiger partial charge is 0.200 e. The van der Waals surface area contributed by atoms with Gasteiger partial charge in [-0.3, -0.25) is 0 Å². The molecule has 0 radical (unpaired) electrons. The molecule has 7 heteroatoms. The molecule has 4 aromatic rings. The molecule has 0 amide bonds. The Morgan fingerprint density at radius 1 is 0.730 bits per heavy atom. The minimum atomic E-state index is -0.415. The second kappa shape index (κ2) is 11.6. The van der Waals surface area contributed by atoms with Crippen molar-refractivity contribution in [3.05, 3.63) is 101 Å². The van der Waals surface area contributed by atoms with E-state index in [0.29, 0.717) is 29.9 Å². The van der Waals surface area contributed by atoms with E-state index in [4.69, 9.17) is 14.2 Å². The quantitative estimate of drug-likeness (QED) is 0.196. The first-order valence-corrected chi connectivity index (χ1v) is 11.9. The third-order valence-corrected chi connectivity index (χ3v) is 6.19. The van der Waals surface area contributed by atoms with Crippen LogP contribution in [0.4, 0.5) is 0 Å². The van der Waals surface area contributed by atoms with Gasteiger partial charge in [0.05, 0.1) is 13.2 Å². The van der Waals surface area contributed by atoms with E-state index in [1.54, 1.807) is 37.4 Å². The first-order valence-electron chi connectivity index (χ1n) is 11.9. The van der Waals surface area contributed by atoms with Crippen LogP contribution in [0.5, 0.6) is 40.2 Å². The van der Waals surface area contributed by atoms with Gasteiger partial charge in [0.15, 0.2) is 23.0 Å². The van der Waals surface area contributed by atoms with Gasteiger partial charge in [-0.2, -0.15) is 0 Å². The molecule has 1 atom stereocenters. The summed E-state index contributed by atoms with van der Waals surface area (Å²) in [5, 5.41) is 40.1. The van der Waals surface area contributed by atoms with Crippen molar-refractivity contribution in [1.82, 2.24) is 0 Å². The summed E-state index contributed by atoms with van der Waals surface area (Å²) in [5.41, 5.74) is 3.49. The van der Waals surface area contributed by atoms with Crippen molar-refractivity contribution in [2.45, 2.75) is 25.4 Å². The monoisotopic (exact) mass is 502 g/mol. The lowest BCUT2D eigenvalue weighted by molar-refractivity contribution is 0.103. The van der Waals surface area contributed by atoms with Gasteiger partial charge in [0.25, 0.3) is 0 Å². The van der Waals surface area contributed by atoms with Crippen LogP contribution in [0.15, 0.2) is 78.9 Å². The van der Waals surface area contributed by atoms with Crippen LogP contribution >= 0.6 is 0 Å². The summed E-state index contributed by atoms with van der Waals surface area (Å²) in [6.45, 7) is 0. The standard InChI is InChI=1S/C30H30O7/c1-35-27(22-17-26(33)29(34)28(18-22)36-2)16-20-5-3-7-24(15-20)37-30-21(6-4-8-25(30)32)12-9-19-10-13-23(31)14-11-19/h3-8,10-11,13-15,17-18,27,31-34H,9,12,16H2,1-2H3. The van der Waals surface area contributed by atoms with Crippen LogP contribution in [0, 0.1) is 0 Å². The second-order valence-corrected chi connectivity index (χ2v) is 8.70. The Morgan fingerprint density at radius 2 is 1.49 bits per heavy atom. The van der Waals surface area contributed by atoms with Gasteiger partial charge in [0, 0.05) is 13.5 Å². The molecule has 4 rings (SSSR count). The fourth-order valence-electron chi connectivity index (χ4n) is 4.19. The Hall–Kier alpha value is -4.36. The van der Waals surface area contributed by atoms with Crippen LogP contribution in [0.25, 0.3) is 0 Å². The van der Waals surface area contributed by atoms with Crippen LogP contribution in [-0.2, 0) is 24.0 Å². The maximum Gasteiger partial charge on any atom is 0.200 e. The summed E-state index contributed by atoms with van der Waals surface area (Å²) < 4.78 is 17.0. The first kappa shape index (κ1) is 25.7. The summed E-state index contributed by atoms with van der Waals surface area (Å²) in [6, 6.07) is 22.9. The van der Waals surface area contributed by atoms with Crippen molar-refractivity contribution in [3.63, 3.8) is 0 Å². The number of methoxy groups -OCH3 is 2. The summed E-state index contributed by atoms with van der Waals surface area (Å²) in [5.74, 6) is 0.791. The molecule has 0 aromatic heterocycles. The van der Waals surface area contributed by atoms with Crippen molar-refractivity contribution in [3.8, 4) is 40.2 Å². The highest BCUT2D eigenvalue weighted by molar-refractivity contribution is 5.53. The van der Waals surface area contributed by atoms with E-state index in [2.05, 4.69) is 0 Å². The number of ether oxygens (including phenoxy) is 3. The molecule has 192 valence electrons. The molecule has 0 aliphatic carbocycles. The van der Waals surface area contributed by atoms with Gasteiger partial charge in [-0.1, -0.05) is 36.4 Å². The van der Waals surface area contributed by atoms with E-state index in [0.717, 1.165) is 23.1 Å². The summed E-state index contributed by atoms with van der Waals surface area (Å²) in [7, 11) is 2.99. The van der Waals surface area contributed by atoms with Gasteiger partial charge in [0.1, 0.15) is 11.5 Å². The highest BCUT2D eigenvalue weighted by atomic mass is 16.5. The van der Waals surface area contributed by atoms with Gasteiger partial charge in [0.2, 0.25) is 5.75 Å². The molecule has 0 saturated carbocycles. The molecule has 0 bridgehead atoms. The number of rotatable bonds is 10. The molecule has 0 saturated heterocycles. The summed E-state index contributed by atoms with van der Waals surface area (Å²) in [6.07, 6.45) is 1.42. The Morgan fingerprint density at radius 3 is 2.22 bits per heavy atom. The van der Waals surface area contributed by atoms with Gasteiger partial charge >= 0.3 is 0 Å². The van der Waals surface area contributed by atoms with Crippen LogP contribution < -0.4 is 9.47 Å². The predicted octanol–water partition coefficient (Wildman–Crippen LogP) is 6.03. The SMILES string of the molecule is COc1cc(C(Cc2cccc(Oc3c(O)cccc3CCc3ccc(O)cc3)c2)OC)cc(O)c1O. The van der Waals surface area contributed by atoms with Gasteiger partial charge in [-0.05, 0) is 77.6 Å². The molecule has 37 heavy (non-hydrogen) atoms. The first-order chi connectivity index (χ1) is 17.9. The fourth-order valence-corrected chi connectivity index (χ4v) is 4.19. The van der Waals surface area contributed by atoms with Crippen LogP contribution in [-0.4, -0.2) is 34.6 Å². The molecule has 0 aliphatic heterocycles. The maximum atomic E-state index is 10.6. The van der Waals surface area contributed by atoms with Crippen molar-refractivity contribution >= 4 is 0 Å². The minimum Gasteiger partial charge on any atom is -0.508 e. The number of hydrogen-bond donors (Lipinski definition) is 4. The number of aryl methyl sites for hydroxylation is 2. The number of phenols is 4. The molecule has 7 nitrogen and oxygen atoms in total. The average molecular weight is 503 g/mol. The van der Waals surface area contributed by atoms with E-state index < -0.39 is 6.10 Å². The van der Waals surface area contributed by atoms with E-state index in [1.807, 2.05) is 42.5 Å². The van der Waals surface area contributed by atoms with E-state index >= 15 is 0 Å². The number of aromatic hydroxyl groups is 4. The number of benzene rings is 4. The lowest BCUT2D eigenvalue weighted by Gasteiger charge is -2.18. The van der Waals surface area contributed by atoms with Gasteiger partial charge in [-0.15, -0.1) is 0 Å². The Kier molecular flexibility index (Phi) is 8.05.